The van der Waals surface area contributed by atoms with Crippen molar-refractivity contribution in [3.05, 3.63) is 145 Å². The maximum Gasteiger partial charge on any atom is 0.138 e. The van der Waals surface area contributed by atoms with Crippen molar-refractivity contribution in [2.75, 3.05) is 0 Å². The van der Waals surface area contributed by atoms with Crippen molar-refractivity contribution in [1.82, 2.24) is 19.9 Å². The summed E-state index contributed by atoms with van der Waals surface area (Å²) in [6, 6.07) is 47.8. The first-order valence-electron chi connectivity index (χ1n) is 14.1. The van der Waals surface area contributed by atoms with Crippen molar-refractivity contribution in [2.45, 2.75) is 0 Å². The highest BCUT2D eigenvalue weighted by atomic mass is 14.9. The average Bonchev–Trinajstić information content (AvgIpc) is 3.76. The predicted octanol–water partition coefficient (Wildman–Crippen LogP) is 8.88. The lowest BCUT2D eigenvalue weighted by molar-refractivity contribution is 1.30. The Hall–Kier alpha value is -6.50. The zero-order chi connectivity index (χ0) is 29.9. The van der Waals surface area contributed by atoms with Gasteiger partial charge in [-0.2, -0.15) is 10.5 Å². The van der Waals surface area contributed by atoms with E-state index in [4.69, 9.17) is 9.97 Å². The quantitative estimate of drug-likeness (QED) is 0.210. The fourth-order valence-electron chi connectivity index (χ4n) is 5.26. The highest BCUT2D eigenvalue weighted by molar-refractivity contribution is 5.85. The van der Waals surface area contributed by atoms with E-state index in [2.05, 4.69) is 70.6 Å². The smallest absolute Gasteiger partial charge is 0.138 e. The maximum absolute atomic E-state index is 9.22. The first-order valence-corrected chi connectivity index (χ1v) is 14.1. The number of hydrogen-bond donors (Lipinski definition) is 2. The molecule has 0 aliphatic rings. The number of nitriles is 2. The van der Waals surface area contributed by atoms with Crippen LogP contribution in [0.2, 0.25) is 0 Å². The molecule has 2 N–H and O–H groups in total. The van der Waals surface area contributed by atoms with Crippen molar-refractivity contribution >= 4 is 0 Å². The second-order valence-electron chi connectivity index (χ2n) is 10.3. The summed E-state index contributed by atoms with van der Waals surface area (Å²) in [4.78, 5) is 17.1. The third kappa shape index (κ3) is 5.05. The molecule has 2 heterocycles. The number of benzene rings is 5. The second-order valence-corrected chi connectivity index (χ2v) is 10.3. The molecule has 0 aliphatic carbocycles. The van der Waals surface area contributed by atoms with E-state index >= 15 is 0 Å². The van der Waals surface area contributed by atoms with E-state index in [1.807, 2.05) is 60.7 Å². The number of H-pyrrole nitrogens is 2. The Morgan fingerprint density at radius 3 is 1.16 bits per heavy atom. The molecule has 2 aromatic heterocycles. The Kier molecular flexibility index (Phi) is 6.85. The van der Waals surface area contributed by atoms with Crippen molar-refractivity contribution in [3.8, 4) is 79.9 Å². The molecule has 7 rings (SSSR count). The van der Waals surface area contributed by atoms with Crippen LogP contribution in [0.5, 0.6) is 0 Å². The van der Waals surface area contributed by atoms with E-state index < -0.39 is 0 Å². The van der Waals surface area contributed by atoms with Gasteiger partial charge in [-0.05, 0) is 48.5 Å². The number of hydrogen-bond acceptors (Lipinski definition) is 4. The number of rotatable bonds is 6. The highest BCUT2D eigenvalue weighted by Crippen LogP contribution is 2.37. The summed E-state index contributed by atoms with van der Waals surface area (Å²) in [5.74, 6) is 1.47. The van der Waals surface area contributed by atoms with Gasteiger partial charge in [-0.1, -0.05) is 84.9 Å². The van der Waals surface area contributed by atoms with Crippen LogP contribution in [0.25, 0.3) is 67.8 Å². The molecular formula is C38H24N6. The molecule has 0 saturated heterocycles. The van der Waals surface area contributed by atoms with Gasteiger partial charge < -0.3 is 9.97 Å². The Morgan fingerprint density at radius 1 is 0.386 bits per heavy atom. The van der Waals surface area contributed by atoms with Gasteiger partial charge in [-0.3, -0.25) is 0 Å². The molecule has 7 aromatic rings. The van der Waals surface area contributed by atoms with Crippen molar-refractivity contribution < 1.29 is 0 Å². The molecule has 0 saturated carbocycles. The number of aromatic amines is 2. The minimum atomic E-state index is 0.606. The Morgan fingerprint density at radius 2 is 0.727 bits per heavy atom. The first kappa shape index (κ1) is 26.4. The van der Waals surface area contributed by atoms with Gasteiger partial charge in [0, 0.05) is 33.4 Å². The lowest BCUT2D eigenvalue weighted by Gasteiger charge is -2.06. The Bertz CT molecular complexity index is 1980. The van der Waals surface area contributed by atoms with Gasteiger partial charge in [0.15, 0.2) is 0 Å². The topological polar surface area (TPSA) is 105 Å². The second kappa shape index (κ2) is 11.4. The predicted molar refractivity (Wildman–Crippen MR) is 173 cm³/mol. The van der Waals surface area contributed by atoms with E-state index in [9.17, 15) is 10.5 Å². The fourth-order valence-corrected chi connectivity index (χ4v) is 5.26. The lowest BCUT2D eigenvalue weighted by atomic mass is 10.0. The summed E-state index contributed by atoms with van der Waals surface area (Å²) in [7, 11) is 0. The SMILES string of the molecule is N#Cc1ccc(-c2nc(-c3ccc(-c4[nH]c(-c5ccc(C#N)cc5)nc4-c4ccccc4)cc3)c(-c3ccccc3)[nH]2)cc1. The van der Waals surface area contributed by atoms with Crippen LogP contribution in [-0.2, 0) is 0 Å². The molecular weight excluding hydrogens is 540 g/mol. The number of nitrogens with zero attached hydrogens (tertiary/aromatic N) is 4. The van der Waals surface area contributed by atoms with Crippen LogP contribution in [0, 0.1) is 22.7 Å². The zero-order valence-electron chi connectivity index (χ0n) is 23.5. The molecule has 44 heavy (non-hydrogen) atoms. The molecule has 0 unspecified atom stereocenters. The molecule has 6 nitrogen and oxygen atoms in total. The summed E-state index contributed by atoms with van der Waals surface area (Å²) < 4.78 is 0. The van der Waals surface area contributed by atoms with Gasteiger partial charge in [0.1, 0.15) is 11.6 Å². The maximum atomic E-state index is 9.22. The molecule has 206 valence electrons. The minimum absolute atomic E-state index is 0.606. The lowest BCUT2D eigenvalue weighted by Crippen LogP contribution is -1.86. The summed E-state index contributed by atoms with van der Waals surface area (Å²) in [5.41, 5.74) is 10.6. The number of nitrogens with one attached hydrogen (secondary N) is 2. The van der Waals surface area contributed by atoms with Crippen molar-refractivity contribution in [3.63, 3.8) is 0 Å². The van der Waals surface area contributed by atoms with Crippen LogP contribution in [0.3, 0.4) is 0 Å². The third-order valence-corrected chi connectivity index (χ3v) is 7.54. The Balaban J connectivity index is 1.31. The monoisotopic (exact) mass is 564 g/mol. The molecule has 0 spiro atoms. The van der Waals surface area contributed by atoms with E-state index in [1.54, 1.807) is 24.3 Å². The minimum Gasteiger partial charge on any atom is -0.337 e. The molecule has 0 bridgehead atoms. The van der Waals surface area contributed by atoms with Crippen molar-refractivity contribution in [1.29, 1.82) is 10.5 Å². The molecule has 6 heteroatoms. The summed E-state index contributed by atoms with van der Waals surface area (Å²) in [6.07, 6.45) is 0. The molecule has 0 fully saturated rings. The van der Waals surface area contributed by atoms with Gasteiger partial charge in [0.25, 0.3) is 0 Å². The van der Waals surface area contributed by atoms with Crippen LogP contribution in [0.1, 0.15) is 11.1 Å². The zero-order valence-corrected chi connectivity index (χ0v) is 23.5. The van der Waals surface area contributed by atoms with E-state index in [0.29, 0.717) is 11.1 Å². The van der Waals surface area contributed by atoms with Crippen LogP contribution in [0.15, 0.2) is 133 Å². The van der Waals surface area contributed by atoms with E-state index in [-0.39, 0.29) is 0 Å². The molecule has 0 atom stereocenters. The largest absolute Gasteiger partial charge is 0.337 e. The van der Waals surface area contributed by atoms with Gasteiger partial charge in [0.2, 0.25) is 0 Å². The molecule has 0 amide bonds. The van der Waals surface area contributed by atoms with Crippen LogP contribution in [0.4, 0.5) is 0 Å². The van der Waals surface area contributed by atoms with Gasteiger partial charge in [0.05, 0.1) is 46.0 Å². The molecule has 0 aliphatic heterocycles. The highest BCUT2D eigenvalue weighted by Gasteiger charge is 2.18. The summed E-state index contributed by atoms with van der Waals surface area (Å²) >= 11 is 0. The molecule has 5 aromatic carbocycles. The normalized spacial score (nSPS) is 10.7. The fraction of sp³-hybridized carbons (Fsp3) is 0. The third-order valence-electron chi connectivity index (χ3n) is 7.54. The molecule has 0 radical (unpaired) electrons. The summed E-state index contributed by atoms with van der Waals surface area (Å²) in [6.45, 7) is 0. The van der Waals surface area contributed by atoms with Gasteiger partial charge in [-0.25, -0.2) is 9.97 Å². The number of aromatic nitrogens is 4. The average molecular weight is 565 g/mol. The van der Waals surface area contributed by atoms with Crippen molar-refractivity contribution in [2.24, 2.45) is 0 Å². The van der Waals surface area contributed by atoms with E-state index in [0.717, 1.165) is 67.8 Å². The van der Waals surface area contributed by atoms with Crippen LogP contribution >= 0.6 is 0 Å². The van der Waals surface area contributed by atoms with Crippen LogP contribution in [-0.4, -0.2) is 19.9 Å². The Labute approximate surface area is 254 Å². The first-order chi connectivity index (χ1) is 21.7. The van der Waals surface area contributed by atoms with Crippen LogP contribution < -0.4 is 0 Å². The summed E-state index contributed by atoms with van der Waals surface area (Å²) in [5, 5.41) is 18.4. The number of imidazole rings is 2. The van der Waals surface area contributed by atoms with E-state index in [1.165, 1.54) is 0 Å². The van der Waals surface area contributed by atoms with Gasteiger partial charge in [-0.15, -0.1) is 0 Å². The van der Waals surface area contributed by atoms with Gasteiger partial charge >= 0.3 is 0 Å². The standard InChI is InChI=1S/C38H24N6/c39-23-25-11-15-31(16-12-25)37-41-33(27-7-3-1-4-8-27)35(43-37)29-19-21-30(22-20-29)36-34(28-9-5-2-6-10-28)42-38(44-36)32-17-13-26(24-40)14-18-32/h1-22H,(H,41,43)(H,42,44).